The van der Waals surface area contributed by atoms with E-state index in [0.29, 0.717) is 79.3 Å². The number of pyridine rings is 1. The van der Waals surface area contributed by atoms with Crippen LogP contribution < -0.4 is 9.64 Å². The summed E-state index contributed by atoms with van der Waals surface area (Å²) in [4.78, 5) is 30.0. The molecule has 0 saturated carbocycles. The number of aromatic hydroxyl groups is 1. The Bertz CT molecular complexity index is 1790. The highest BCUT2D eigenvalue weighted by Gasteiger charge is 2.49. The second-order valence-corrected chi connectivity index (χ2v) is 12.2. The van der Waals surface area contributed by atoms with E-state index in [1.807, 2.05) is 11.8 Å². The van der Waals surface area contributed by atoms with E-state index in [2.05, 4.69) is 14.9 Å². The normalized spacial score (nSPS) is 22.6. The lowest BCUT2D eigenvalue weighted by molar-refractivity contribution is -0.118. The molecule has 11 heteroatoms. The molecule has 2 atom stereocenters. The quantitative estimate of drug-likeness (QED) is 0.290. The molecule has 7 rings (SSSR count). The number of aromatic nitrogens is 3. The minimum atomic E-state index is -0.928. The SMILES string of the molecule is CCc1c(F)ccc2cc(O)cc(-c3ncc4c(N5CCCC(=O)CC5)nc(OCC56CCCN5C[C@H](F)C6)nc4c3F)c12. The molecule has 0 bridgehead atoms. The second-order valence-electron chi connectivity index (χ2n) is 12.2. The number of phenolic OH excluding ortho intramolecular Hbond substituents is 1. The van der Waals surface area contributed by atoms with Gasteiger partial charge in [0.05, 0.1) is 10.9 Å². The third-order valence-electron chi connectivity index (χ3n) is 9.48. The Kier molecular flexibility index (Phi) is 7.31. The van der Waals surface area contributed by atoms with Crippen LogP contribution in [0.15, 0.2) is 30.5 Å². The number of Topliss-reactive ketones (excluding diaryl/α,β-unsaturated/α-hetero) is 1. The maximum Gasteiger partial charge on any atom is 0.319 e. The second kappa shape index (κ2) is 11.2. The largest absolute Gasteiger partial charge is 0.508 e. The molecule has 3 fully saturated rings. The fraction of sp³-hybridized carbons (Fsp3) is 0.455. The number of fused-ring (bicyclic) bond motifs is 3. The number of aryl methyl sites for hydroxylation is 1. The number of ether oxygens (including phenoxy) is 1. The van der Waals surface area contributed by atoms with Gasteiger partial charge >= 0.3 is 6.01 Å². The van der Waals surface area contributed by atoms with Gasteiger partial charge in [-0.15, -0.1) is 0 Å². The van der Waals surface area contributed by atoms with Crippen LogP contribution in [0.25, 0.3) is 32.9 Å². The van der Waals surface area contributed by atoms with Crippen molar-refractivity contribution in [2.45, 2.75) is 63.6 Å². The van der Waals surface area contributed by atoms with Crippen molar-refractivity contribution < 1.29 is 27.8 Å². The summed E-state index contributed by atoms with van der Waals surface area (Å²) >= 11 is 0. The molecule has 3 aliphatic heterocycles. The van der Waals surface area contributed by atoms with Gasteiger partial charge in [-0.1, -0.05) is 13.0 Å². The molecule has 5 heterocycles. The number of rotatable bonds is 6. The van der Waals surface area contributed by atoms with E-state index >= 15 is 4.39 Å². The number of halogens is 3. The molecule has 2 aromatic heterocycles. The molecule has 0 radical (unpaired) electrons. The van der Waals surface area contributed by atoms with E-state index in [1.54, 1.807) is 6.07 Å². The predicted octanol–water partition coefficient (Wildman–Crippen LogP) is 5.91. The Morgan fingerprint density at radius 2 is 1.98 bits per heavy atom. The van der Waals surface area contributed by atoms with Crippen LogP contribution >= 0.6 is 0 Å². The first-order chi connectivity index (χ1) is 21.3. The van der Waals surface area contributed by atoms with Crippen molar-refractivity contribution in [3.8, 4) is 23.0 Å². The van der Waals surface area contributed by atoms with Crippen LogP contribution in [0.2, 0.25) is 0 Å². The van der Waals surface area contributed by atoms with Crippen LogP contribution in [0.4, 0.5) is 19.0 Å². The van der Waals surface area contributed by atoms with Gasteiger partial charge in [-0.25, -0.2) is 13.2 Å². The Hall–Kier alpha value is -3.99. The Morgan fingerprint density at radius 3 is 2.82 bits per heavy atom. The summed E-state index contributed by atoms with van der Waals surface area (Å²) in [5.41, 5.74) is 0.0717. The Morgan fingerprint density at radius 1 is 1.11 bits per heavy atom. The molecular weight excluding hydrogens is 571 g/mol. The molecule has 2 aromatic carbocycles. The Labute approximate surface area is 252 Å². The number of carbonyl (C=O) groups is 1. The fourth-order valence-electron chi connectivity index (χ4n) is 7.37. The van der Waals surface area contributed by atoms with Gasteiger partial charge < -0.3 is 14.7 Å². The molecule has 8 nitrogen and oxygen atoms in total. The van der Waals surface area contributed by atoms with Gasteiger partial charge in [0.25, 0.3) is 0 Å². The van der Waals surface area contributed by atoms with Crippen molar-refractivity contribution in [3.63, 3.8) is 0 Å². The summed E-state index contributed by atoms with van der Waals surface area (Å²) in [5, 5.41) is 11.9. The van der Waals surface area contributed by atoms with Gasteiger partial charge in [-0.3, -0.25) is 14.7 Å². The molecule has 1 N–H and O–H groups in total. The molecule has 0 amide bonds. The van der Waals surface area contributed by atoms with E-state index in [-0.39, 0.29) is 40.9 Å². The van der Waals surface area contributed by atoms with E-state index in [9.17, 15) is 18.7 Å². The number of alkyl halides is 1. The van der Waals surface area contributed by atoms with Gasteiger partial charge in [0.2, 0.25) is 0 Å². The number of ketones is 1. The zero-order valence-corrected chi connectivity index (χ0v) is 24.6. The number of hydrogen-bond acceptors (Lipinski definition) is 8. The first-order valence-electron chi connectivity index (χ1n) is 15.4. The molecule has 1 unspecified atom stereocenters. The van der Waals surface area contributed by atoms with E-state index in [1.165, 1.54) is 24.4 Å². The first-order valence-corrected chi connectivity index (χ1v) is 15.4. The average Bonchev–Trinajstić information content (AvgIpc) is 3.44. The molecule has 0 aliphatic carbocycles. The highest BCUT2D eigenvalue weighted by atomic mass is 19.1. The molecule has 4 aromatic rings. The summed E-state index contributed by atoms with van der Waals surface area (Å²) in [5.74, 6) is -0.718. The van der Waals surface area contributed by atoms with Gasteiger partial charge in [-0.05, 0) is 66.8 Å². The first kappa shape index (κ1) is 28.8. The maximum absolute atomic E-state index is 16.7. The van der Waals surface area contributed by atoms with Crippen LogP contribution in [-0.4, -0.2) is 75.2 Å². The monoisotopic (exact) mass is 605 g/mol. The molecule has 3 saturated heterocycles. The summed E-state index contributed by atoms with van der Waals surface area (Å²) < 4.78 is 52.2. The van der Waals surface area contributed by atoms with E-state index < -0.39 is 23.3 Å². The number of nitrogens with zero attached hydrogens (tertiary/aromatic N) is 5. The topological polar surface area (TPSA) is 91.7 Å². The minimum absolute atomic E-state index is 0.0351. The fourth-order valence-corrected chi connectivity index (χ4v) is 7.37. The highest BCUT2D eigenvalue weighted by Crippen LogP contribution is 2.42. The third-order valence-corrected chi connectivity index (χ3v) is 9.48. The van der Waals surface area contributed by atoms with Crippen molar-refractivity contribution in [2.75, 3.05) is 37.7 Å². The minimum Gasteiger partial charge on any atom is -0.508 e. The lowest BCUT2D eigenvalue weighted by atomic mass is 9.94. The molecule has 44 heavy (non-hydrogen) atoms. The summed E-state index contributed by atoms with van der Waals surface area (Å²) in [6.45, 7) is 4.11. The van der Waals surface area contributed by atoms with Gasteiger partial charge in [0, 0.05) is 50.7 Å². The van der Waals surface area contributed by atoms with Crippen LogP contribution in [0.5, 0.6) is 11.8 Å². The van der Waals surface area contributed by atoms with Crippen molar-refractivity contribution in [2.24, 2.45) is 0 Å². The Balaban J connectivity index is 1.37. The standard InChI is InChI=1S/C33H34F3N5O3/c1-2-23-26(35)7-6-19-13-22(43)14-24(27(19)23)29-28(36)30-25(16-37-29)31(40-10-3-5-21(42)8-12-40)39-32(38-30)44-18-33-9-4-11-41(33)17-20(34)15-33/h6-7,13-14,16,20,43H,2-5,8-12,15,17-18H2,1H3/t20-,33?/m1/s1. The van der Waals surface area contributed by atoms with Crippen molar-refractivity contribution in [1.29, 1.82) is 0 Å². The molecular formula is C33H34F3N5O3. The number of hydrogen-bond donors (Lipinski definition) is 1. The average molecular weight is 606 g/mol. The van der Waals surface area contributed by atoms with Crippen LogP contribution in [-0.2, 0) is 11.2 Å². The van der Waals surface area contributed by atoms with Crippen molar-refractivity contribution in [3.05, 3.63) is 47.7 Å². The van der Waals surface area contributed by atoms with Crippen LogP contribution in [0, 0.1) is 11.6 Å². The number of carbonyl (C=O) groups excluding carboxylic acids is 1. The molecule has 0 spiro atoms. The zero-order chi connectivity index (χ0) is 30.6. The predicted molar refractivity (Wildman–Crippen MR) is 161 cm³/mol. The molecule has 230 valence electrons. The van der Waals surface area contributed by atoms with E-state index in [4.69, 9.17) is 9.72 Å². The lowest BCUT2D eigenvalue weighted by Gasteiger charge is -2.31. The van der Waals surface area contributed by atoms with Crippen molar-refractivity contribution in [1.82, 2.24) is 19.9 Å². The van der Waals surface area contributed by atoms with E-state index in [0.717, 1.165) is 19.4 Å². The summed E-state index contributed by atoms with van der Waals surface area (Å²) in [6.07, 6.45) is 4.46. The van der Waals surface area contributed by atoms with Gasteiger partial charge in [-0.2, -0.15) is 9.97 Å². The third kappa shape index (κ3) is 4.91. The van der Waals surface area contributed by atoms with Crippen LogP contribution in [0.1, 0.15) is 51.0 Å². The number of anilines is 1. The summed E-state index contributed by atoms with van der Waals surface area (Å²) in [7, 11) is 0. The van der Waals surface area contributed by atoms with Crippen molar-refractivity contribution >= 4 is 33.3 Å². The zero-order valence-electron chi connectivity index (χ0n) is 24.6. The maximum atomic E-state index is 16.7. The lowest BCUT2D eigenvalue weighted by Crippen LogP contribution is -2.43. The van der Waals surface area contributed by atoms with Gasteiger partial charge in [0.1, 0.15) is 47.2 Å². The summed E-state index contributed by atoms with van der Waals surface area (Å²) in [6, 6.07) is 5.75. The highest BCUT2D eigenvalue weighted by molar-refractivity contribution is 6.01. The number of phenols is 1. The van der Waals surface area contributed by atoms with Gasteiger partial charge in [0.15, 0.2) is 5.82 Å². The number of benzene rings is 2. The molecule has 3 aliphatic rings. The van der Waals surface area contributed by atoms with Crippen LogP contribution in [0.3, 0.4) is 0 Å². The smallest absolute Gasteiger partial charge is 0.319 e.